The van der Waals surface area contributed by atoms with Crippen LogP contribution in [0.3, 0.4) is 0 Å². The molecule has 0 atom stereocenters. The van der Waals surface area contributed by atoms with E-state index in [4.69, 9.17) is 13.6 Å². The molecule has 0 radical (unpaired) electrons. The zero-order valence-electron chi connectivity index (χ0n) is 18.4. The summed E-state index contributed by atoms with van der Waals surface area (Å²) in [5, 5.41) is 9.04. The van der Waals surface area contributed by atoms with Gasteiger partial charge in [0.05, 0.1) is 0 Å². The first-order chi connectivity index (χ1) is 16.1. The number of benzene rings is 3. The van der Waals surface area contributed by atoms with E-state index in [9.17, 15) is 4.79 Å². The Bertz CT molecular complexity index is 1470. The van der Waals surface area contributed by atoms with Crippen LogP contribution in [0.1, 0.15) is 28.1 Å². The SMILES string of the molecule is Cc1c(Cc2ccccc2)c(=O)oc2c(C)c(OCc3nnc(-c4ccccc4)o3)ccc12. The van der Waals surface area contributed by atoms with E-state index < -0.39 is 0 Å². The second-order valence-corrected chi connectivity index (χ2v) is 7.88. The van der Waals surface area contributed by atoms with Crippen molar-refractivity contribution in [2.45, 2.75) is 26.9 Å². The lowest BCUT2D eigenvalue weighted by Crippen LogP contribution is -2.11. The average molecular weight is 438 g/mol. The maximum Gasteiger partial charge on any atom is 0.340 e. The van der Waals surface area contributed by atoms with Gasteiger partial charge < -0.3 is 13.6 Å². The van der Waals surface area contributed by atoms with Gasteiger partial charge in [0.25, 0.3) is 5.89 Å². The zero-order chi connectivity index (χ0) is 22.8. The van der Waals surface area contributed by atoms with Crippen LogP contribution in [0.4, 0.5) is 0 Å². The van der Waals surface area contributed by atoms with Gasteiger partial charge in [-0.1, -0.05) is 48.5 Å². The quantitative estimate of drug-likeness (QED) is 0.320. The lowest BCUT2D eigenvalue weighted by Gasteiger charge is -2.12. The fraction of sp³-hybridized carbons (Fsp3) is 0.148. The van der Waals surface area contributed by atoms with Crippen molar-refractivity contribution in [1.29, 1.82) is 0 Å². The second kappa shape index (κ2) is 8.74. The first-order valence-electron chi connectivity index (χ1n) is 10.7. The molecular weight excluding hydrogens is 416 g/mol. The highest BCUT2D eigenvalue weighted by atomic mass is 16.5. The van der Waals surface area contributed by atoms with Crippen molar-refractivity contribution in [2.24, 2.45) is 0 Å². The van der Waals surface area contributed by atoms with Gasteiger partial charge >= 0.3 is 5.63 Å². The van der Waals surface area contributed by atoms with Crippen LogP contribution in [0, 0.1) is 13.8 Å². The topological polar surface area (TPSA) is 78.4 Å². The Kier molecular flexibility index (Phi) is 5.48. The predicted octanol–water partition coefficient (Wildman–Crippen LogP) is 5.63. The highest BCUT2D eigenvalue weighted by Gasteiger charge is 2.16. The number of hydrogen-bond acceptors (Lipinski definition) is 6. The van der Waals surface area contributed by atoms with Crippen LogP contribution in [-0.4, -0.2) is 10.2 Å². The van der Waals surface area contributed by atoms with Crippen LogP contribution in [0.25, 0.3) is 22.4 Å². The van der Waals surface area contributed by atoms with Crippen molar-refractivity contribution in [2.75, 3.05) is 0 Å². The Morgan fingerprint density at radius 1 is 0.818 bits per heavy atom. The van der Waals surface area contributed by atoms with Gasteiger partial charge in [-0.2, -0.15) is 0 Å². The standard InChI is InChI=1S/C27H22N2O4/c1-17-21-13-14-23(31-16-24-28-29-26(32-24)20-11-7-4-8-12-20)18(2)25(21)33-27(30)22(17)15-19-9-5-3-6-10-19/h3-14H,15-16H2,1-2H3. The third kappa shape index (κ3) is 4.15. The second-order valence-electron chi connectivity index (χ2n) is 7.88. The molecule has 0 N–H and O–H groups in total. The van der Waals surface area contributed by atoms with Crippen LogP contribution in [-0.2, 0) is 13.0 Å². The number of nitrogens with zero attached hydrogens (tertiary/aromatic N) is 2. The Morgan fingerprint density at radius 3 is 2.30 bits per heavy atom. The van der Waals surface area contributed by atoms with E-state index >= 15 is 0 Å². The Morgan fingerprint density at radius 2 is 1.55 bits per heavy atom. The van der Waals surface area contributed by atoms with Crippen LogP contribution in [0.5, 0.6) is 5.75 Å². The van der Waals surface area contributed by atoms with Gasteiger partial charge in [-0.15, -0.1) is 10.2 Å². The summed E-state index contributed by atoms with van der Waals surface area (Å²) in [6, 6.07) is 23.3. The van der Waals surface area contributed by atoms with E-state index in [1.165, 1.54) is 0 Å². The van der Waals surface area contributed by atoms with Crippen molar-refractivity contribution in [3.63, 3.8) is 0 Å². The van der Waals surface area contributed by atoms with Gasteiger partial charge in [-0.25, -0.2) is 4.79 Å². The Labute approximate surface area is 190 Å². The number of rotatable bonds is 6. The van der Waals surface area contributed by atoms with Crippen LogP contribution in [0.2, 0.25) is 0 Å². The monoisotopic (exact) mass is 438 g/mol. The predicted molar refractivity (Wildman–Crippen MR) is 125 cm³/mol. The molecule has 5 rings (SSSR count). The molecule has 33 heavy (non-hydrogen) atoms. The lowest BCUT2D eigenvalue weighted by molar-refractivity contribution is 0.263. The summed E-state index contributed by atoms with van der Waals surface area (Å²) in [5.74, 6) is 1.40. The summed E-state index contributed by atoms with van der Waals surface area (Å²) in [6.07, 6.45) is 0.531. The number of fused-ring (bicyclic) bond motifs is 1. The van der Waals surface area contributed by atoms with E-state index in [0.717, 1.165) is 27.6 Å². The summed E-state index contributed by atoms with van der Waals surface area (Å²) in [6.45, 7) is 3.95. The lowest BCUT2D eigenvalue weighted by atomic mass is 9.98. The van der Waals surface area contributed by atoms with Crippen LogP contribution < -0.4 is 10.4 Å². The van der Waals surface area contributed by atoms with Crippen molar-refractivity contribution < 1.29 is 13.6 Å². The first kappa shape index (κ1) is 20.7. The fourth-order valence-electron chi connectivity index (χ4n) is 3.88. The number of ether oxygens (including phenoxy) is 1. The fourth-order valence-corrected chi connectivity index (χ4v) is 3.88. The molecule has 164 valence electrons. The highest BCUT2D eigenvalue weighted by molar-refractivity contribution is 5.85. The van der Waals surface area contributed by atoms with Gasteiger partial charge in [-0.3, -0.25) is 0 Å². The van der Waals surface area contributed by atoms with Crippen LogP contribution in [0.15, 0.2) is 86.4 Å². The average Bonchev–Trinajstić information content (AvgIpc) is 3.32. The van der Waals surface area contributed by atoms with Crippen molar-refractivity contribution >= 4 is 11.0 Å². The molecule has 0 aliphatic heterocycles. The van der Waals surface area contributed by atoms with Gasteiger partial charge in [0, 0.05) is 28.5 Å². The molecule has 0 spiro atoms. The molecule has 0 amide bonds. The molecule has 2 aromatic heterocycles. The van der Waals surface area contributed by atoms with Gasteiger partial charge in [0.2, 0.25) is 5.89 Å². The van der Waals surface area contributed by atoms with E-state index in [2.05, 4.69) is 10.2 Å². The summed E-state index contributed by atoms with van der Waals surface area (Å²) >= 11 is 0. The van der Waals surface area contributed by atoms with Gasteiger partial charge in [0.15, 0.2) is 6.61 Å². The largest absolute Gasteiger partial charge is 0.483 e. The molecule has 0 aliphatic rings. The molecule has 0 aliphatic carbocycles. The Balaban J connectivity index is 1.40. The van der Waals surface area contributed by atoms with Crippen molar-refractivity contribution in [3.05, 3.63) is 111 Å². The molecule has 0 fully saturated rings. The zero-order valence-corrected chi connectivity index (χ0v) is 18.4. The molecular formula is C27H22N2O4. The van der Waals surface area contributed by atoms with E-state index in [-0.39, 0.29) is 12.2 Å². The summed E-state index contributed by atoms with van der Waals surface area (Å²) < 4.78 is 17.4. The van der Waals surface area contributed by atoms with Gasteiger partial charge in [0.1, 0.15) is 11.3 Å². The summed E-state index contributed by atoms with van der Waals surface area (Å²) in [5.41, 5.74) is 4.46. The smallest absolute Gasteiger partial charge is 0.340 e. The van der Waals surface area contributed by atoms with Crippen LogP contribution >= 0.6 is 0 Å². The molecule has 2 heterocycles. The Hall–Kier alpha value is -4.19. The van der Waals surface area contributed by atoms with E-state index in [1.807, 2.05) is 86.6 Å². The minimum atomic E-state index is -0.325. The minimum Gasteiger partial charge on any atom is -0.483 e. The van der Waals surface area contributed by atoms with Gasteiger partial charge in [-0.05, 0) is 49.2 Å². The molecule has 5 aromatic rings. The first-order valence-corrected chi connectivity index (χ1v) is 10.7. The van der Waals surface area contributed by atoms with E-state index in [1.54, 1.807) is 0 Å². The summed E-state index contributed by atoms with van der Waals surface area (Å²) in [7, 11) is 0. The molecule has 6 heteroatoms. The molecule has 0 unspecified atom stereocenters. The molecule has 0 bridgehead atoms. The normalized spacial score (nSPS) is 11.1. The molecule has 6 nitrogen and oxygen atoms in total. The third-order valence-corrected chi connectivity index (χ3v) is 5.72. The number of aromatic nitrogens is 2. The van der Waals surface area contributed by atoms with E-state index in [0.29, 0.717) is 35.1 Å². The van der Waals surface area contributed by atoms with Crippen molar-refractivity contribution in [1.82, 2.24) is 10.2 Å². The maximum absolute atomic E-state index is 12.8. The number of aryl methyl sites for hydroxylation is 2. The summed E-state index contributed by atoms with van der Waals surface area (Å²) in [4.78, 5) is 12.8. The number of hydrogen-bond donors (Lipinski definition) is 0. The highest BCUT2D eigenvalue weighted by Crippen LogP contribution is 2.30. The maximum atomic E-state index is 12.8. The third-order valence-electron chi connectivity index (χ3n) is 5.72. The molecule has 0 saturated heterocycles. The molecule has 3 aromatic carbocycles. The molecule has 0 saturated carbocycles. The minimum absolute atomic E-state index is 0.113. The van der Waals surface area contributed by atoms with Crippen molar-refractivity contribution in [3.8, 4) is 17.2 Å².